The molecule has 0 fully saturated rings. The van der Waals surface area contributed by atoms with Crippen LogP contribution in [0.5, 0.6) is 0 Å². The SMILES string of the molecule is CCCCCCCC/C=C\CCCCCCCCOC(=O)CC(COC(=O)CCCCCCCCCCCCCCCC)C(=O)OCCCCCCCC/C=C\CCCCCCCC. The van der Waals surface area contributed by atoms with Crippen molar-refractivity contribution < 1.29 is 28.6 Å². The van der Waals surface area contributed by atoms with Crippen molar-refractivity contribution in [1.29, 1.82) is 0 Å². The highest BCUT2D eigenvalue weighted by Crippen LogP contribution is 2.17. The zero-order chi connectivity index (χ0) is 46.5. The van der Waals surface area contributed by atoms with Crippen LogP contribution in [-0.2, 0) is 28.6 Å². The fraction of sp³-hybridized carbons (Fsp3) is 0.879. The summed E-state index contributed by atoms with van der Waals surface area (Å²) in [6.45, 7) is 7.36. The van der Waals surface area contributed by atoms with E-state index in [1.54, 1.807) is 0 Å². The van der Waals surface area contributed by atoms with Crippen LogP contribution in [0.3, 0.4) is 0 Å². The molecular weight excluding hydrogens is 793 g/mol. The second kappa shape index (κ2) is 53.5. The van der Waals surface area contributed by atoms with Crippen LogP contribution in [-0.4, -0.2) is 37.7 Å². The molecule has 0 aromatic rings. The van der Waals surface area contributed by atoms with Crippen LogP contribution in [0.25, 0.3) is 0 Å². The fourth-order valence-corrected chi connectivity index (χ4v) is 8.38. The Hall–Kier alpha value is -2.11. The van der Waals surface area contributed by atoms with E-state index in [-0.39, 0.29) is 19.0 Å². The summed E-state index contributed by atoms with van der Waals surface area (Å²) in [6, 6.07) is 0. The lowest BCUT2D eigenvalue weighted by atomic mass is 10.0. The van der Waals surface area contributed by atoms with Gasteiger partial charge < -0.3 is 14.2 Å². The molecule has 0 saturated carbocycles. The standard InChI is InChI=1S/C58H108O6/c1-4-7-10-13-16-19-22-25-28-30-33-36-39-42-45-48-51-62-57(60)53-55(54-64-56(59)50-47-44-41-38-35-32-27-24-21-18-15-12-9-6-3)58(61)63-52-49-46-43-40-37-34-31-29-26-23-20-17-14-11-8-5-2/h25-26,28-29,55H,4-24,27,30-54H2,1-3H3/b28-25-,29-26-. The number of unbranched alkanes of at least 4 members (excludes halogenated alkanes) is 37. The van der Waals surface area contributed by atoms with Gasteiger partial charge in [0.2, 0.25) is 0 Å². The van der Waals surface area contributed by atoms with Crippen LogP contribution in [0.15, 0.2) is 24.3 Å². The van der Waals surface area contributed by atoms with Gasteiger partial charge in [-0.15, -0.1) is 0 Å². The van der Waals surface area contributed by atoms with Gasteiger partial charge in [-0.1, -0.05) is 244 Å². The highest BCUT2D eigenvalue weighted by Gasteiger charge is 2.26. The highest BCUT2D eigenvalue weighted by molar-refractivity contribution is 5.80. The van der Waals surface area contributed by atoms with Crippen molar-refractivity contribution in [1.82, 2.24) is 0 Å². The van der Waals surface area contributed by atoms with E-state index in [0.717, 1.165) is 57.8 Å². The Balaban J connectivity index is 4.36. The van der Waals surface area contributed by atoms with Crippen molar-refractivity contribution in [2.75, 3.05) is 19.8 Å². The molecule has 6 heteroatoms. The molecule has 1 atom stereocenters. The number of esters is 3. The lowest BCUT2D eigenvalue weighted by molar-refractivity contribution is -0.160. The van der Waals surface area contributed by atoms with Gasteiger partial charge in [0.15, 0.2) is 0 Å². The van der Waals surface area contributed by atoms with Crippen molar-refractivity contribution in [3.63, 3.8) is 0 Å². The Morgan fingerprint density at radius 1 is 0.328 bits per heavy atom. The Bertz CT molecular complexity index is 1040. The maximum Gasteiger partial charge on any atom is 0.313 e. The average Bonchev–Trinajstić information content (AvgIpc) is 3.29. The van der Waals surface area contributed by atoms with E-state index in [1.807, 2.05) is 0 Å². The molecule has 0 saturated heterocycles. The zero-order valence-electron chi connectivity index (χ0n) is 43.1. The molecule has 0 rings (SSSR count). The Labute approximate surface area is 398 Å². The van der Waals surface area contributed by atoms with Crippen LogP contribution in [0.2, 0.25) is 0 Å². The predicted octanol–water partition coefficient (Wildman–Crippen LogP) is 18.6. The number of hydrogen-bond acceptors (Lipinski definition) is 6. The van der Waals surface area contributed by atoms with Gasteiger partial charge in [0.05, 0.1) is 19.6 Å². The maximum absolute atomic E-state index is 13.1. The minimum atomic E-state index is -0.832. The third kappa shape index (κ3) is 49.3. The summed E-state index contributed by atoms with van der Waals surface area (Å²) in [5, 5.41) is 0. The molecule has 0 aliphatic carbocycles. The molecule has 0 spiro atoms. The molecule has 0 aromatic heterocycles. The van der Waals surface area contributed by atoms with E-state index >= 15 is 0 Å². The number of allylic oxidation sites excluding steroid dienone is 4. The first kappa shape index (κ1) is 61.9. The summed E-state index contributed by atoms with van der Waals surface area (Å²) in [6.07, 6.45) is 61.6. The first-order chi connectivity index (χ1) is 31.5. The minimum Gasteiger partial charge on any atom is -0.466 e. The van der Waals surface area contributed by atoms with E-state index in [0.29, 0.717) is 19.6 Å². The first-order valence-corrected chi connectivity index (χ1v) is 28.3. The predicted molar refractivity (Wildman–Crippen MR) is 275 cm³/mol. The lowest BCUT2D eigenvalue weighted by Gasteiger charge is -2.16. The lowest BCUT2D eigenvalue weighted by Crippen LogP contribution is -2.28. The third-order valence-corrected chi connectivity index (χ3v) is 12.7. The highest BCUT2D eigenvalue weighted by atomic mass is 16.6. The normalized spacial score (nSPS) is 12.1. The van der Waals surface area contributed by atoms with Gasteiger partial charge in [0.25, 0.3) is 0 Å². The summed E-state index contributed by atoms with van der Waals surface area (Å²) in [4.78, 5) is 38.6. The maximum atomic E-state index is 13.1. The van der Waals surface area contributed by atoms with Gasteiger partial charge in [-0.2, -0.15) is 0 Å². The van der Waals surface area contributed by atoms with Gasteiger partial charge >= 0.3 is 17.9 Å². The molecular formula is C58H108O6. The quantitative estimate of drug-likeness (QED) is 0.0262. The monoisotopic (exact) mass is 901 g/mol. The van der Waals surface area contributed by atoms with Gasteiger partial charge in [-0.3, -0.25) is 14.4 Å². The molecule has 376 valence electrons. The molecule has 0 aliphatic heterocycles. The molecule has 64 heavy (non-hydrogen) atoms. The molecule has 0 amide bonds. The number of rotatable bonds is 52. The van der Waals surface area contributed by atoms with E-state index in [9.17, 15) is 14.4 Å². The van der Waals surface area contributed by atoms with Crippen LogP contribution in [0, 0.1) is 5.92 Å². The molecule has 6 nitrogen and oxygen atoms in total. The summed E-state index contributed by atoms with van der Waals surface area (Å²) >= 11 is 0. The van der Waals surface area contributed by atoms with Gasteiger partial charge in [-0.05, 0) is 70.6 Å². The number of hydrogen-bond donors (Lipinski definition) is 0. The van der Waals surface area contributed by atoms with Crippen molar-refractivity contribution in [2.24, 2.45) is 5.92 Å². The zero-order valence-corrected chi connectivity index (χ0v) is 43.1. The molecule has 0 N–H and O–H groups in total. The van der Waals surface area contributed by atoms with E-state index < -0.39 is 17.9 Å². The summed E-state index contributed by atoms with van der Waals surface area (Å²) in [5.74, 6) is -2.02. The topological polar surface area (TPSA) is 78.9 Å². The van der Waals surface area contributed by atoms with Crippen molar-refractivity contribution >= 4 is 17.9 Å². The molecule has 0 heterocycles. The Morgan fingerprint density at radius 3 is 0.984 bits per heavy atom. The smallest absolute Gasteiger partial charge is 0.313 e. The van der Waals surface area contributed by atoms with Crippen molar-refractivity contribution in [3.05, 3.63) is 24.3 Å². The second-order valence-electron chi connectivity index (χ2n) is 19.2. The number of carbonyl (C=O) groups excluding carboxylic acids is 3. The summed E-state index contributed by atoms with van der Waals surface area (Å²) < 4.78 is 16.7. The fourth-order valence-electron chi connectivity index (χ4n) is 8.38. The van der Waals surface area contributed by atoms with Crippen LogP contribution >= 0.6 is 0 Å². The van der Waals surface area contributed by atoms with E-state index in [4.69, 9.17) is 14.2 Å². The van der Waals surface area contributed by atoms with Crippen LogP contribution in [0.1, 0.15) is 303 Å². The van der Waals surface area contributed by atoms with E-state index in [1.165, 1.54) is 212 Å². The number of carbonyl (C=O) groups is 3. The Morgan fingerprint density at radius 2 is 0.625 bits per heavy atom. The largest absolute Gasteiger partial charge is 0.466 e. The minimum absolute atomic E-state index is 0.120. The molecule has 0 bridgehead atoms. The number of ether oxygens (including phenoxy) is 3. The Kier molecular flexibility index (Phi) is 51.7. The molecule has 1 unspecified atom stereocenters. The molecule has 0 aliphatic rings. The summed E-state index contributed by atoms with van der Waals surface area (Å²) in [5.41, 5.74) is 0. The third-order valence-electron chi connectivity index (χ3n) is 12.7. The van der Waals surface area contributed by atoms with Gasteiger partial charge in [0, 0.05) is 6.42 Å². The van der Waals surface area contributed by atoms with Crippen LogP contribution < -0.4 is 0 Å². The van der Waals surface area contributed by atoms with Crippen molar-refractivity contribution in [2.45, 2.75) is 303 Å². The van der Waals surface area contributed by atoms with Crippen LogP contribution in [0.4, 0.5) is 0 Å². The molecule has 0 radical (unpaired) electrons. The average molecular weight is 901 g/mol. The first-order valence-electron chi connectivity index (χ1n) is 28.3. The van der Waals surface area contributed by atoms with Gasteiger partial charge in [-0.25, -0.2) is 0 Å². The second-order valence-corrected chi connectivity index (χ2v) is 19.2. The van der Waals surface area contributed by atoms with Crippen molar-refractivity contribution in [3.8, 4) is 0 Å². The van der Waals surface area contributed by atoms with E-state index in [2.05, 4.69) is 45.1 Å². The van der Waals surface area contributed by atoms with Gasteiger partial charge in [0.1, 0.15) is 12.5 Å². The molecule has 0 aromatic carbocycles. The summed E-state index contributed by atoms with van der Waals surface area (Å²) in [7, 11) is 0.